The number of fused-ring (bicyclic) bond motifs is 1. The van der Waals surface area contributed by atoms with Crippen LogP contribution < -0.4 is 15.0 Å². The van der Waals surface area contributed by atoms with Crippen molar-refractivity contribution in [2.45, 2.75) is 32.2 Å². The van der Waals surface area contributed by atoms with Crippen LogP contribution in [0.1, 0.15) is 37.8 Å². The maximum Gasteiger partial charge on any atom is 0.223 e. The van der Waals surface area contributed by atoms with Crippen molar-refractivity contribution in [2.75, 3.05) is 25.1 Å². The van der Waals surface area contributed by atoms with E-state index in [0.29, 0.717) is 0 Å². The van der Waals surface area contributed by atoms with E-state index in [-0.39, 0.29) is 17.9 Å². The number of benzene rings is 1. The third kappa shape index (κ3) is 4.16. The van der Waals surface area contributed by atoms with Crippen LogP contribution in [-0.2, 0) is 4.79 Å². The summed E-state index contributed by atoms with van der Waals surface area (Å²) in [7, 11) is 1.65. The van der Waals surface area contributed by atoms with Gasteiger partial charge in [0, 0.05) is 19.0 Å². The smallest absolute Gasteiger partial charge is 0.223 e. The van der Waals surface area contributed by atoms with E-state index in [1.807, 2.05) is 36.4 Å². The molecular weight excluding hydrogens is 368 g/mol. The summed E-state index contributed by atoms with van der Waals surface area (Å²) in [6, 6.07) is 11.8. The third-order valence-corrected chi connectivity index (χ3v) is 5.58. The Labute approximate surface area is 169 Å². The summed E-state index contributed by atoms with van der Waals surface area (Å²) in [6.07, 6.45) is 4.07. The number of methoxy groups -OCH3 is 1. The number of rotatable bonds is 6. The van der Waals surface area contributed by atoms with Crippen molar-refractivity contribution in [3.63, 3.8) is 0 Å². The van der Waals surface area contributed by atoms with Crippen molar-refractivity contribution in [1.29, 1.82) is 0 Å². The van der Waals surface area contributed by atoms with Gasteiger partial charge in [-0.15, -0.1) is 15.3 Å². The van der Waals surface area contributed by atoms with Crippen LogP contribution in [0, 0.1) is 5.92 Å². The fraction of sp³-hybridized carbons (Fsp3) is 0.429. The zero-order valence-corrected chi connectivity index (χ0v) is 16.8. The van der Waals surface area contributed by atoms with Gasteiger partial charge in [0.2, 0.25) is 5.91 Å². The average molecular weight is 394 g/mol. The number of piperidine rings is 1. The van der Waals surface area contributed by atoms with Crippen molar-refractivity contribution < 1.29 is 9.53 Å². The Morgan fingerprint density at radius 2 is 1.97 bits per heavy atom. The van der Waals surface area contributed by atoms with Crippen LogP contribution in [0.3, 0.4) is 0 Å². The molecule has 3 heterocycles. The van der Waals surface area contributed by atoms with Crippen molar-refractivity contribution in [1.82, 2.24) is 25.1 Å². The molecule has 2 aromatic heterocycles. The van der Waals surface area contributed by atoms with Gasteiger partial charge in [0.05, 0.1) is 13.2 Å². The molecule has 0 bridgehead atoms. The lowest BCUT2D eigenvalue weighted by Gasteiger charge is -2.32. The molecule has 1 aromatic carbocycles. The number of nitrogens with one attached hydrogen (secondary N) is 1. The number of amides is 1. The van der Waals surface area contributed by atoms with E-state index in [1.54, 1.807) is 18.0 Å². The first kappa shape index (κ1) is 19.2. The zero-order valence-electron chi connectivity index (χ0n) is 16.8. The van der Waals surface area contributed by atoms with Crippen LogP contribution in [-0.4, -0.2) is 45.9 Å². The summed E-state index contributed by atoms with van der Waals surface area (Å²) in [4.78, 5) is 15.1. The van der Waals surface area contributed by atoms with Crippen LogP contribution in [0.4, 0.5) is 5.82 Å². The molecule has 152 valence electrons. The number of hydrogen-bond donors (Lipinski definition) is 1. The summed E-state index contributed by atoms with van der Waals surface area (Å²) in [5.41, 5.74) is 1.83. The van der Waals surface area contributed by atoms with Gasteiger partial charge in [-0.05, 0) is 49.1 Å². The summed E-state index contributed by atoms with van der Waals surface area (Å²) in [6.45, 7) is 3.70. The van der Waals surface area contributed by atoms with E-state index >= 15 is 0 Å². The number of aromatic nitrogens is 4. The fourth-order valence-corrected chi connectivity index (χ4v) is 3.80. The summed E-state index contributed by atoms with van der Waals surface area (Å²) >= 11 is 0. The molecule has 4 rings (SSSR count). The predicted octanol–water partition coefficient (Wildman–Crippen LogP) is 2.62. The minimum Gasteiger partial charge on any atom is -0.497 e. The van der Waals surface area contributed by atoms with Crippen molar-refractivity contribution in [2.24, 2.45) is 5.92 Å². The number of carbonyl (C=O) groups is 1. The molecule has 29 heavy (non-hydrogen) atoms. The minimum atomic E-state index is 0.0178. The molecule has 1 aliphatic rings. The first-order valence-corrected chi connectivity index (χ1v) is 10.0. The van der Waals surface area contributed by atoms with Gasteiger partial charge in [0.1, 0.15) is 17.9 Å². The summed E-state index contributed by atoms with van der Waals surface area (Å²) in [5, 5.41) is 15.6. The van der Waals surface area contributed by atoms with Crippen LogP contribution in [0.2, 0.25) is 0 Å². The molecule has 0 aliphatic carbocycles. The highest BCUT2D eigenvalue weighted by molar-refractivity contribution is 5.79. The molecule has 8 nitrogen and oxygen atoms in total. The highest BCUT2D eigenvalue weighted by Gasteiger charge is 2.27. The fourth-order valence-electron chi connectivity index (χ4n) is 3.80. The second kappa shape index (κ2) is 8.46. The molecule has 1 fully saturated rings. The molecule has 0 radical (unpaired) electrons. The second-order valence-electron chi connectivity index (χ2n) is 7.33. The lowest BCUT2D eigenvalue weighted by Crippen LogP contribution is -2.42. The van der Waals surface area contributed by atoms with Crippen LogP contribution >= 0.6 is 0 Å². The molecule has 1 atom stereocenters. The van der Waals surface area contributed by atoms with Gasteiger partial charge < -0.3 is 15.0 Å². The number of anilines is 1. The Morgan fingerprint density at radius 1 is 1.21 bits per heavy atom. The molecule has 8 heteroatoms. The Kier molecular flexibility index (Phi) is 5.59. The van der Waals surface area contributed by atoms with E-state index in [9.17, 15) is 4.79 Å². The monoisotopic (exact) mass is 394 g/mol. The highest BCUT2D eigenvalue weighted by Crippen LogP contribution is 2.25. The number of hydrogen-bond acceptors (Lipinski definition) is 6. The molecule has 0 unspecified atom stereocenters. The maximum atomic E-state index is 12.9. The van der Waals surface area contributed by atoms with E-state index < -0.39 is 0 Å². The first-order chi connectivity index (χ1) is 14.2. The van der Waals surface area contributed by atoms with Crippen LogP contribution in [0.5, 0.6) is 5.75 Å². The van der Waals surface area contributed by atoms with Gasteiger partial charge >= 0.3 is 0 Å². The summed E-state index contributed by atoms with van der Waals surface area (Å²) in [5.74, 6) is 1.87. The minimum absolute atomic E-state index is 0.0178. The zero-order chi connectivity index (χ0) is 20.2. The number of carbonyl (C=O) groups excluding carboxylic acids is 1. The number of ether oxygens (including phenoxy) is 1. The average Bonchev–Trinajstić information content (AvgIpc) is 3.25. The molecular formula is C21H26N6O2. The third-order valence-electron chi connectivity index (χ3n) is 5.58. The SMILES string of the molecule is CC[C@H](NC(=O)C1CCN(c2ccc3nncn3n2)CC1)c1ccc(OC)cc1. The van der Waals surface area contributed by atoms with Crippen molar-refractivity contribution in [3.05, 3.63) is 48.3 Å². The van der Waals surface area contributed by atoms with Crippen molar-refractivity contribution in [3.8, 4) is 5.75 Å². The Bertz CT molecular complexity index is 963. The van der Waals surface area contributed by atoms with Crippen LogP contribution in [0.25, 0.3) is 5.65 Å². The van der Waals surface area contributed by atoms with Gasteiger partial charge in [-0.2, -0.15) is 4.52 Å². The summed E-state index contributed by atoms with van der Waals surface area (Å²) < 4.78 is 6.89. The second-order valence-corrected chi connectivity index (χ2v) is 7.33. The highest BCUT2D eigenvalue weighted by atomic mass is 16.5. The molecule has 1 aliphatic heterocycles. The van der Waals surface area contributed by atoms with Gasteiger partial charge in [-0.3, -0.25) is 4.79 Å². The topological polar surface area (TPSA) is 84.7 Å². The van der Waals surface area contributed by atoms with Crippen molar-refractivity contribution >= 4 is 17.4 Å². The Balaban J connectivity index is 1.35. The van der Waals surface area contributed by atoms with Gasteiger partial charge in [-0.1, -0.05) is 19.1 Å². The van der Waals surface area contributed by atoms with Gasteiger partial charge in [0.15, 0.2) is 5.65 Å². The van der Waals surface area contributed by atoms with E-state index in [4.69, 9.17) is 4.74 Å². The number of nitrogens with zero attached hydrogens (tertiary/aromatic N) is 5. The van der Waals surface area contributed by atoms with Gasteiger partial charge in [0.25, 0.3) is 0 Å². The van der Waals surface area contributed by atoms with E-state index in [1.165, 1.54) is 0 Å². The molecule has 3 aromatic rings. The lowest BCUT2D eigenvalue weighted by molar-refractivity contribution is -0.126. The Morgan fingerprint density at radius 3 is 2.66 bits per heavy atom. The first-order valence-electron chi connectivity index (χ1n) is 10.0. The largest absolute Gasteiger partial charge is 0.497 e. The maximum absolute atomic E-state index is 12.9. The standard InChI is InChI=1S/C21H26N6O2/c1-3-18(15-4-6-17(29-2)7-5-15)23-21(28)16-10-12-26(13-11-16)20-9-8-19-24-22-14-27(19)25-20/h4-9,14,16,18H,3,10-13H2,1-2H3,(H,23,28)/t18-/m0/s1. The van der Waals surface area contributed by atoms with Gasteiger partial charge in [-0.25, -0.2) is 0 Å². The normalized spacial score (nSPS) is 16.0. The quantitative estimate of drug-likeness (QED) is 0.692. The predicted molar refractivity (Wildman–Crippen MR) is 110 cm³/mol. The Hall–Kier alpha value is -3.16. The van der Waals surface area contributed by atoms with E-state index in [2.05, 4.69) is 32.4 Å². The van der Waals surface area contributed by atoms with Crippen LogP contribution in [0.15, 0.2) is 42.7 Å². The molecule has 1 amide bonds. The molecule has 0 saturated carbocycles. The molecule has 1 N–H and O–H groups in total. The van der Waals surface area contributed by atoms with E-state index in [0.717, 1.165) is 55.1 Å². The molecule has 0 spiro atoms. The lowest BCUT2D eigenvalue weighted by atomic mass is 9.94. The molecule has 1 saturated heterocycles.